The van der Waals surface area contributed by atoms with E-state index < -0.39 is 10.3 Å². The molecule has 0 amide bonds. The van der Waals surface area contributed by atoms with Crippen molar-refractivity contribution in [2.24, 2.45) is 5.41 Å². The number of hydrogen-bond donors (Lipinski definition) is 0. The van der Waals surface area contributed by atoms with Crippen molar-refractivity contribution < 1.29 is 14.6 Å². The molecule has 1 aromatic rings. The molecule has 120 valence electrons. The monoisotopic (exact) mass is 307 g/mol. The Balaban J connectivity index is 1.89. The Hall–Kier alpha value is -2.02. The third-order valence-electron chi connectivity index (χ3n) is 3.71. The van der Waals surface area contributed by atoms with E-state index in [1.54, 1.807) is 17.3 Å². The number of piperidine rings is 1. The first-order valence-electron chi connectivity index (χ1n) is 7.35. The van der Waals surface area contributed by atoms with Crippen LogP contribution in [0.1, 0.15) is 45.1 Å². The van der Waals surface area contributed by atoms with Crippen molar-refractivity contribution in [3.8, 4) is 0 Å². The molecular formula is C15H21N3O4. The van der Waals surface area contributed by atoms with Crippen LogP contribution in [0.15, 0.2) is 18.3 Å². The fourth-order valence-corrected chi connectivity index (χ4v) is 2.28. The van der Waals surface area contributed by atoms with Gasteiger partial charge >= 0.3 is 11.8 Å². The van der Waals surface area contributed by atoms with Crippen molar-refractivity contribution in [2.75, 3.05) is 13.1 Å². The highest BCUT2D eigenvalue weighted by atomic mass is 16.7. The van der Waals surface area contributed by atoms with Crippen molar-refractivity contribution in [2.45, 2.75) is 39.5 Å². The molecule has 0 aliphatic carbocycles. The average Bonchev–Trinajstić information content (AvgIpc) is 2.47. The summed E-state index contributed by atoms with van der Waals surface area (Å²) in [6, 6.07) is 3.19. The van der Waals surface area contributed by atoms with Gasteiger partial charge < -0.3 is 15.0 Å². The second-order valence-electron chi connectivity index (χ2n) is 6.54. The second kappa shape index (κ2) is 6.39. The Bertz CT molecular complexity index is 543. The van der Waals surface area contributed by atoms with Gasteiger partial charge in [0.1, 0.15) is 6.20 Å². The Labute approximate surface area is 129 Å². The Morgan fingerprint density at radius 3 is 2.45 bits per heavy atom. The Morgan fingerprint density at radius 2 is 2.00 bits per heavy atom. The van der Waals surface area contributed by atoms with Crippen LogP contribution in [-0.2, 0) is 9.63 Å². The van der Waals surface area contributed by atoms with Gasteiger partial charge in [0, 0.05) is 19.2 Å². The lowest BCUT2D eigenvalue weighted by Gasteiger charge is -2.31. The molecule has 1 fully saturated rings. The van der Waals surface area contributed by atoms with Crippen LogP contribution in [0.5, 0.6) is 0 Å². The zero-order valence-corrected chi connectivity index (χ0v) is 13.1. The first-order valence-corrected chi connectivity index (χ1v) is 7.35. The fraction of sp³-hybridized carbons (Fsp3) is 0.600. The molecule has 1 aromatic heterocycles. The summed E-state index contributed by atoms with van der Waals surface area (Å²) in [6.45, 7) is 6.78. The van der Waals surface area contributed by atoms with Gasteiger partial charge in [-0.3, -0.25) is 0 Å². The summed E-state index contributed by atoms with van der Waals surface area (Å²) in [4.78, 5) is 31.2. The topological polar surface area (TPSA) is 85.6 Å². The molecule has 7 nitrogen and oxygen atoms in total. The molecule has 0 spiro atoms. The molecule has 1 saturated heterocycles. The van der Waals surface area contributed by atoms with Crippen molar-refractivity contribution in [3.63, 3.8) is 0 Å². The zero-order chi connectivity index (χ0) is 16.3. The van der Waals surface area contributed by atoms with Gasteiger partial charge in [-0.15, -0.1) is 5.06 Å². The predicted molar refractivity (Wildman–Crippen MR) is 80.0 cm³/mol. The Morgan fingerprint density at radius 1 is 1.36 bits per heavy atom. The maximum Gasteiger partial charge on any atom is 0.363 e. The molecule has 22 heavy (non-hydrogen) atoms. The van der Waals surface area contributed by atoms with E-state index in [2.05, 4.69) is 4.98 Å². The highest BCUT2D eigenvalue weighted by Gasteiger charge is 2.29. The van der Waals surface area contributed by atoms with E-state index in [9.17, 15) is 14.9 Å². The number of pyridine rings is 1. The van der Waals surface area contributed by atoms with Crippen LogP contribution in [0.2, 0.25) is 0 Å². The van der Waals surface area contributed by atoms with Crippen LogP contribution in [-0.4, -0.2) is 34.0 Å². The third-order valence-corrected chi connectivity index (χ3v) is 3.71. The van der Waals surface area contributed by atoms with E-state index >= 15 is 0 Å². The summed E-state index contributed by atoms with van der Waals surface area (Å²) in [7, 11) is 0. The number of rotatable bonds is 3. The second-order valence-corrected chi connectivity index (χ2v) is 6.54. The molecule has 1 aliphatic rings. The highest BCUT2D eigenvalue weighted by Crippen LogP contribution is 2.29. The first-order chi connectivity index (χ1) is 10.3. The van der Waals surface area contributed by atoms with Crippen molar-refractivity contribution in [3.05, 3.63) is 34.0 Å². The SMILES string of the molecule is CC(C)(C)C(=O)ON1CCC(c2ccc([N+](=O)[O-])nc2)CC1. The maximum atomic E-state index is 11.8. The maximum absolute atomic E-state index is 11.8. The van der Waals surface area contributed by atoms with E-state index in [1.807, 2.05) is 20.8 Å². The zero-order valence-electron chi connectivity index (χ0n) is 13.1. The van der Waals surface area contributed by atoms with Gasteiger partial charge in [0.15, 0.2) is 0 Å². The predicted octanol–water partition coefficient (Wildman–Crippen LogP) is 2.67. The molecule has 0 N–H and O–H groups in total. The van der Waals surface area contributed by atoms with Gasteiger partial charge in [0.25, 0.3) is 0 Å². The molecule has 2 heterocycles. The summed E-state index contributed by atoms with van der Waals surface area (Å²) in [6.07, 6.45) is 3.23. The lowest BCUT2D eigenvalue weighted by atomic mass is 9.91. The number of nitro groups is 1. The molecule has 0 saturated carbocycles. The molecule has 2 rings (SSSR count). The minimum atomic E-state index is -0.515. The largest absolute Gasteiger partial charge is 0.367 e. The molecule has 7 heteroatoms. The number of nitrogens with zero attached hydrogens (tertiary/aromatic N) is 3. The number of hydroxylamine groups is 2. The van der Waals surface area contributed by atoms with Gasteiger partial charge in [0.2, 0.25) is 0 Å². The lowest BCUT2D eigenvalue weighted by Crippen LogP contribution is -2.38. The van der Waals surface area contributed by atoms with Crippen LogP contribution in [0.3, 0.4) is 0 Å². The lowest BCUT2D eigenvalue weighted by molar-refractivity contribution is -0.389. The quantitative estimate of drug-likeness (QED) is 0.630. The van der Waals surface area contributed by atoms with Crippen molar-refractivity contribution in [1.29, 1.82) is 0 Å². The number of aromatic nitrogens is 1. The van der Waals surface area contributed by atoms with Gasteiger partial charge in [-0.25, -0.2) is 4.79 Å². The van der Waals surface area contributed by atoms with E-state index in [1.165, 1.54) is 6.07 Å². The van der Waals surface area contributed by atoms with Crippen LogP contribution >= 0.6 is 0 Å². The average molecular weight is 307 g/mol. The fourth-order valence-electron chi connectivity index (χ4n) is 2.28. The first kappa shape index (κ1) is 16.4. The van der Waals surface area contributed by atoms with E-state index in [-0.39, 0.29) is 17.7 Å². The van der Waals surface area contributed by atoms with Crippen molar-refractivity contribution in [1.82, 2.24) is 10.0 Å². The number of carbonyl (C=O) groups excluding carboxylic acids is 1. The standard InChI is InChI=1S/C15H21N3O4/c1-15(2,3)14(19)22-17-8-6-11(7-9-17)12-4-5-13(16-10-12)18(20)21/h4-5,10-11H,6-9H2,1-3H3. The van der Waals surface area contributed by atoms with Gasteiger partial charge in [-0.05, 0) is 61.1 Å². The summed E-state index contributed by atoms with van der Waals surface area (Å²) in [5.74, 6) is -0.0823. The molecule has 0 atom stereocenters. The van der Waals surface area contributed by atoms with Crippen molar-refractivity contribution >= 4 is 11.8 Å². The smallest absolute Gasteiger partial charge is 0.363 e. The molecule has 1 aliphatic heterocycles. The summed E-state index contributed by atoms with van der Waals surface area (Å²) in [5, 5.41) is 12.3. The number of hydrogen-bond acceptors (Lipinski definition) is 6. The van der Waals surface area contributed by atoms with E-state index in [0.29, 0.717) is 13.1 Å². The molecule has 0 radical (unpaired) electrons. The summed E-state index contributed by atoms with van der Waals surface area (Å²) in [5.41, 5.74) is 0.478. The van der Waals surface area contributed by atoms with Gasteiger partial charge in [-0.1, -0.05) is 0 Å². The summed E-state index contributed by atoms with van der Waals surface area (Å²) < 4.78 is 0. The van der Waals surface area contributed by atoms with Crippen LogP contribution in [0.25, 0.3) is 0 Å². The molecule has 0 bridgehead atoms. The van der Waals surface area contributed by atoms with E-state index in [4.69, 9.17) is 4.84 Å². The molecular weight excluding hydrogens is 286 g/mol. The van der Waals surface area contributed by atoms with Gasteiger partial charge in [0.05, 0.1) is 5.41 Å². The van der Waals surface area contributed by atoms with E-state index in [0.717, 1.165) is 18.4 Å². The minimum absolute atomic E-state index is 0.139. The molecule has 0 aromatic carbocycles. The normalized spacial score (nSPS) is 17.2. The molecule has 0 unspecified atom stereocenters. The third kappa shape index (κ3) is 4.00. The van der Waals surface area contributed by atoms with Gasteiger partial charge in [-0.2, -0.15) is 0 Å². The highest BCUT2D eigenvalue weighted by molar-refractivity contribution is 5.75. The summed E-state index contributed by atoms with van der Waals surface area (Å²) >= 11 is 0. The minimum Gasteiger partial charge on any atom is -0.367 e. The number of carbonyl (C=O) groups is 1. The Kier molecular flexibility index (Phi) is 4.75. The van der Waals surface area contributed by atoms with Crippen LogP contribution in [0.4, 0.5) is 5.82 Å². The van der Waals surface area contributed by atoms with Crippen LogP contribution < -0.4 is 0 Å². The van der Waals surface area contributed by atoms with Crippen LogP contribution in [0, 0.1) is 15.5 Å².